The van der Waals surface area contributed by atoms with E-state index in [-0.39, 0.29) is 5.91 Å². The molecular weight excluding hydrogens is 314 g/mol. The SMILES string of the molecule is CCc1ccc(CC(=O)NCCCc2ccc(OC)c(OC)c2)cc1. The van der Waals surface area contributed by atoms with E-state index in [2.05, 4.69) is 24.4 Å². The first kappa shape index (κ1) is 18.8. The van der Waals surface area contributed by atoms with E-state index in [0.717, 1.165) is 36.3 Å². The maximum atomic E-state index is 12.0. The largest absolute Gasteiger partial charge is 0.493 e. The predicted octanol–water partition coefficient (Wildman–Crippen LogP) is 3.56. The molecule has 2 rings (SSSR count). The topological polar surface area (TPSA) is 47.6 Å². The van der Waals surface area contributed by atoms with Gasteiger partial charge >= 0.3 is 0 Å². The van der Waals surface area contributed by atoms with Crippen molar-refractivity contribution in [3.8, 4) is 11.5 Å². The Balaban J connectivity index is 1.74. The van der Waals surface area contributed by atoms with E-state index < -0.39 is 0 Å². The molecule has 134 valence electrons. The Bertz CT molecular complexity index is 680. The van der Waals surface area contributed by atoms with Crippen LogP contribution in [0.15, 0.2) is 42.5 Å². The lowest BCUT2D eigenvalue weighted by Crippen LogP contribution is -2.26. The minimum Gasteiger partial charge on any atom is -0.493 e. The van der Waals surface area contributed by atoms with Crippen LogP contribution in [0.1, 0.15) is 30.0 Å². The normalized spacial score (nSPS) is 10.4. The fourth-order valence-electron chi connectivity index (χ4n) is 2.70. The molecule has 0 fully saturated rings. The molecule has 1 N–H and O–H groups in total. The third-order valence-corrected chi connectivity index (χ3v) is 4.21. The lowest BCUT2D eigenvalue weighted by atomic mass is 10.1. The zero-order chi connectivity index (χ0) is 18.1. The van der Waals surface area contributed by atoms with Gasteiger partial charge in [-0.05, 0) is 48.1 Å². The van der Waals surface area contributed by atoms with Crippen LogP contribution in [0.25, 0.3) is 0 Å². The molecule has 25 heavy (non-hydrogen) atoms. The summed E-state index contributed by atoms with van der Waals surface area (Å²) in [7, 11) is 3.26. The minimum atomic E-state index is 0.0663. The molecule has 0 spiro atoms. The fraction of sp³-hybridized carbons (Fsp3) is 0.381. The number of hydrogen-bond acceptors (Lipinski definition) is 3. The molecule has 0 aromatic heterocycles. The molecule has 0 bridgehead atoms. The number of aryl methyl sites for hydroxylation is 2. The van der Waals surface area contributed by atoms with Gasteiger partial charge < -0.3 is 14.8 Å². The van der Waals surface area contributed by atoms with Crippen LogP contribution in [0.2, 0.25) is 0 Å². The van der Waals surface area contributed by atoms with Crippen molar-refractivity contribution >= 4 is 5.91 Å². The molecule has 0 radical (unpaired) electrons. The van der Waals surface area contributed by atoms with Crippen molar-refractivity contribution in [2.24, 2.45) is 0 Å². The smallest absolute Gasteiger partial charge is 0.224 e. The van der Waals surface area contributed by atoms with Crippen molar-refractivity contribution in [2.75, 3.05) is 20.8 Å². The molecule has 0 aliphatic carbocycles. The van der Waals surface area contributed by atoms with E-state index in [1.165, 1.54) is 11.1 Å². The van der Waals surface area contributed by atoms with Gasteiger partial charge in [0.2, 0.25) is 5.91 Å². The van der Waals surface area contributed by atoms with Gasteiger partial charge in [0.15, 0.2) is 11.5 Å². The summed E-state index contributed by atoms with van der Waals surface area (Å²) in [4.78, 5) is 12.0. The molecule has 0 unspecified atom stereocenters. The summed E-state index contributed by atoms with van der Waals surface area (Å²) in [5, 5.41) is 2.99. The molecule has 2 aromatic carbocycles. The monoisotopic (exact) mass is 341 g/mol. The molecule has 0 saturated heterocycles. The molecule has 2 aromatic rings. The predicted molar refractivity (Wildman–Crippen MR) is 100 cm³/mol. The molecular formula is C21H27NO3. The molecule has 0 aliphatic heterocycles. The Hall–Kier alpha value is -2.49. The first-order valence-electron chi connectivity index (χ1n) is 8.71. The Labute approximate surface area is 150 Å². The number of carbonyl (C=O) groups is 1. The van der Waals surface area contributed by atoms with Crippen LogP contribution in [0, 0.1) is 0 Å². The number of rotatable bonds is 9. The molecule has 0 aliphatic rings. The fourth-order valence-corrected chi connectivity index (χ4v) is 2.70. The van der Waals surface area contributed by atoms with Crippen molar-refractivity contribution < 1.29 is 14.3 Å². The molecule has 4 heteroatoms. The maximum Gasteiger partial charge on any atom is 0.224 e. The molecule has 1 amide bonds. The average Bonchev–Trinajstić information content (AvgIpc) is 2.65. The Kier molecular flexibility index (Phi) is 7.33. The van der Waals surface area contributed by atoms with Gasteiger partial charge in [0, 0.05) is 6.54 Å². The minimum absolute atomic E-state index is 0.0663. The third kappa shape index (κ3) is 5.82. The Morgan fingerprint density at radius 2 is 1.56 bits per heavy atom. The highest BCUT2D eigenvalue weighted by Crippen LogP contribution is 2.27. The van der Waals surface area contributed by atoms with Crippen LogP contribution in [0.5, 0.6) is 11.5 Å². The first-order valence-corrected chi connectivity index (χ1v) is 8.71. The van der Waals surface area contributed by atoms with Crippen LogP contribution in [-0.2, 0) is 24.1 Å². The quantitative estimate of drug-likeness (QED) is 0.710. The van der Waals surface area contributed by atoms with E-state index in [9.17, 15) is 4.79 Å². The summed E-state index contributed by atoms with van der Waals surface area (Å²) in [5.74, 6) is 1.53. The number of methoxy groups -OCH3 is 2. The average molecular weight is 341 g/mol. The van der Waals surface area contributed by atoms with Gasteiger partial charge in [-0.2, -0.15) is 0 Å². The van der Waals surface area contributed by atoms with Crippen molar-refractivity contribution in [2.45, 2.75) is 32.6 Å². The van der Waals surface area contributed by atoms with Gasteiger partial charge in [0.05, 0.1) is 20.6 Å². The molecule has 0 heterocycles. The van der Waals surface area contributed by atoms with Crippen LogP contribution in [0.3, 0.4) is 0 Å². The molecule has 0 atom stereocenters. The van der Waals surface area contributed by atoms with Gasteiger partial charge in [-0.3, -0.25) is 4.79 Å². The Morgan fingerprint density at radius 3 is 2.20 bits per heavy atom. The summed E-state index contributed by atoms with van der Waals surface area (Å²) in [5.41, 5.74) is 3.51. The van der Waals surface area contributed by atoms with Crippen LogP contribution in [-0.4, -0.2) is 26.7 Å². The van der Waals surface area contributed by atoms with E-state index >= 15 is 0 Å². The first-order chi connectivity index (χ1) is 12.2. The van der Waals surface area contributed by atoms with Crippen molar-refractivity contribution in [3.05, 3.63) is 59.2 Å². The van der Waals surface area contributed by atoms with E-state index in [0.29, 0.717) is 13.0 Å². The highest BCUT2D eigenvalue weighted by molar-refractivity contribution is 5.78. The summed E-state index contributed by atoms with van der Waals surface area (Å²) in [6.07, 6.45) is 3.21. The van der Waals surface area contributed by atoms with Gasteiger partial charge in [-0.1, -0.05) is 37.3 Å². The van der Waals surface area contributed by atoms with Crippen molar-refractivity contribution in [1.82, 2.24) is 5.32 Å². The highest BCUT2D eigenvalue weighted by atomic mass is 16.5. The number of carbonyl (C=O) groups excluding carboxylic acids is 1. The number of nitrogens with one attached hydrogen (secondary N) is 1. The third-order valence-electron chi connectivity index (χ3n) is 4.21. The van der Waals surface area contributed by atoms with Crippen molar-refractivity contribution in [3.63, 3.8) is 0 Å². The van der Waals surface area contributed by atoms with Gasteiger partial charge in [0.1, 0.15) is 0 Å². The lowest BCUT2D eigenvalue weighted by Gasteiger charge is -2.10. The zero-order valence-corrected chi connectivity index (χ0v) is 15.3. The van der Waals surface area contributed by atoms with Gasteiger partial charge in [0.25, 0.3) is 0 Å². The zero-order valence-electron chi connectivity index (χ0n) is 15.3. The molecule has 0 saturated carbocycles. The van der Waals surface area contributed by atoms with Crippen LogP contribution >= 0.6 is 0 Å². The standard InChI is InChI=1S/C21H27NO3/c1-4-16-7-9-18(10-8-16)15-21(23)22-13-5-6-17-11-12-19(24-2)20(14-17)25-3/h7-12,14H,4-6,13,15H2,1-3H3,(H,22,23). The second kappa shape index (κ2) is 9.72. The van der Waals surface area contributed by atoms with E-state index in [1.807, 2.05) is 30.3 Å². The van der Waals surface area contributed by atoms with E-state index in [4.69, 9.17) is 9.47 Å². The van der Waals surface area contributed by atoms with E-state index in [1.54, 1.807) is 14.2 Å². The van der Waals surface area contributed by atoms with Crippen LogP contribution < -0.4 is 14.8 Å². The van der Waals surface area contributed by atoms with Gasteiger partial charge in [-0.15, -0.1) is 0 Å². The molecule has 4 nitrogen and oxygen atoms in total. The second-order valence-electron chi connectivity index (χ2n) is 5.99. The lowest BCUT2D eigenvalue weighted by molar-refractivity contribution is -0.120. The Morgan fingerprint density at radius 1 is 0.920 bits per heavy atom. The number of hydrogen-bond donors (Lipinski definition) is 1. The highest BCUT2D eigenvalue weighted by Gasteiger charge is 2.06. The number of ether oxygens (including phenoxy) is 2. The second-order valence-corrected chi connectivity index (χ2v) is 5.99. The number of amides is 1. The van der Waals surface area contributed by atoms with Crippen LogP contribution in [0.4, 0.5) is 0 Å². The maximum absolute atomic E-state index is 12.0. The van der Waals surface area contributed by atoms with Gasteiger partial charge in [-0.25, -0.2) is 0 Å². The summed E-state index contributed by atoms with van der Waals surface area (Å²) in [6.45, 7) is 2.79. The summed E-state index contributed by atoms with van der Waals surface area (Å²) < 4.78 is 10.5. The number of benzene rings is 2. The summed E-state index contributed by atoms with van der Waals surface area (Å²) in [6, 6.07) is 14.1. The summed E-state index contributed by atoms with van der Waals surface area (Å²) >= 11 is 0. The van der Waals surface area contributed by atoms with Crippen molar-refractivity contribution in [1.29, 1.82) is 0 Å².